The Morgan fingerprint density at radius 2 is 1.31 bits per heavy atom. The summed E-state index contributed by atoms with van der Waals surface area (Å²) < 4.78 is 2.64. The van der Waals surface area contributed by atoms with Gasteiger partial charge in [-0.1, -0.05) is 66.7 Å². The minimum Gasteiger partial charge on any atom is -0.399 e. The molecule has 0 amide bonds. The van der Waals surface area contributed by atoms with E-state index in [0.717, 1.165) is 11.3 Å². The number of benzene rings is 4. The van der Waals surface area contributed by atoms with Gasteiger partial charge in [-0.25, -0.2) is 0 Å². The minimum atomic E-state index is 0.791. The standard InChI is InChI=1S/C24H17NS/c25-19-14-17(16-7-2-1-3-8-16)13-18(15-19)20-10-6-11-22-21-9-4-5-12-23(21)26-24(20)22/h1-15H,25H2. The zero-order chi connectivity index (χ0) is 17.5. The molecule has 0 saturated carbocycles. The van der Waals surface area contributed by atoms with Crippen LogP contribution in [0.25, 0.3) is 42.4 Å². The first kappa shape index (κ1) is 15.2. The van der Waals surface area contributed by atoms with E-state index in [1.54, 1.807) is 0 Å². The van der Waals surface area contributed by atoms with Crippen molar-refractivity contribution >= 4 is 37.2 Å². The van der Waals surface area contributed by atoms with E-state index in [4.69, 9.17) is 5.73 Å². The molecular formula is C24H17NS. The molecule has 5 aromatic rings. The van der Waals surface area contributed by atoms with Crippen molar-refractivity contribution < 1.29 is 0 Å². The van der Waals surface area contributed by atoms with E-state index in [9.17, 15) is 0 Å². The summed E-state index contributed by atoms with van der Waals surface area (Å²) >= 11 is 1.85. The predicted octanol–water partition coefficient (Wildman–Crippen LogP) is 6.97. The smallest absolute Gasteiger partial charge is 0.0433 e. The topological polar surface area (TPSA) is 26.0 Å². The molecule has 26 heavy (non-hydrogen) atoms. The fraction of sp³-hybridized carbons (Fsp3) is 0. The molecule has 4 aromatic carbocycles. The molecule has 0 saturated heterocycles. The number of hydrogen-bond donors (Lipinski definition) is 1. The molecule has 5 rings (SSSR count). The SMILES string of the molecule is Nc1cc(-c2ccccc2)cc(-c2cccc3c2sc2ccccc23)c1. The predicted molar refractivity (Wildman–Crippen MR) is 115 cm³/mol. The molecule has 2 N–H and O–H groups in total. The lowest BCUT2D eigenvalue weighted by Gasteiger charge is -2.09. The third-order valence-corrected chi connectivity index (χ3v) is 6.00. The number of hydrogen-bond acceptors (Lipinski definition) is 2. The third-order valence-electron chi connectivity index (χ3n) is 4.78. The largest absolute Gasteiger partial charge is 0.399 e. The van der Waals surface area contributed by atoms with Gasteiger partial charge < -0.3 is 5.73 Å². The molecule has 0 atom stereocenters. The van der Waals surface area contributed by atoms with Crippen LogP contribution in [0, 0.1) is 0 Å². The summed E-state index contributed by atoms with van der Waals surface area (Å²) in [6, 6.07) is 31.9. The molecule has 1 heterocycles. The summed E-state index contributed by atoms with van der Waals surface area (Å²) in [6.07, 6.45) is 0. The lowest BCUT2D eigenvalue weighted by atomic mass is 9.97. The normalized spacial score (nSPS) is 11.2. The van der Waals surface area contributed by atoms with Gasteiger partial charge in [-0.05, 0) is 46.5 Å². The Morgan fingerprint density at radius 1 is 0.577 bits per heavy atom. The second-order valence-electron chi connectivity index (χ2n) is 6.49. The Balaban J connectivity index is 1.77. The van der Waals surface area contributed by atoms with E-state index in [1.807, 2.05) is 23.5 Å². The van der Waals surface area contributed by atoms with Crippen molar-refractivity contribution in [1.82, 2.24) is 0 Å². The van der Waals surface area contributed by atoms with E-state index < -0.39 is 0 Å². The van der Waals surface area contributed by atoms with Crippen molar-refractivity contribution in [3.63, 3.8) is 0 Å². The molecule has 0 aliphatic carbocycles. The Bertz CT molecular complexity index is 1240. The first-order valence-corrected chi connectivity index (χ1v) is 9.48. The van der Waals surface area contributed by atoms with E-state index in [1.165, 1.54) is 36.9 Å². The van der Waals surface area contributed by atoms with Crippen LogP contribution in [0.4, 0.5) is 5.69 Å². The average Bonchev–Trinajstić information content (AvgIpc) is 3.07. The number of anilines is 1. The summed E-state index contributed by atoms with van der Waals surface area (Å²) in [5, 5.41) is 2.63. The van der Waals surface area contributed by atoms with Crippen molar-refractivity contribution in [2.45, 2.75) is 0 Å². The molecular weight excluding hydrogens is 334 g/mol. The highest BCUT2D eigenvalue weighted by atomic mass is 32.1. The van der Waals surface area contributed by atoms with E-state index in [2.05, 4.69) is 78.9 Å². The quantitative estimate of drug-likeness (QED) is 0.341. The van der Waals surface area contributed by atoms with Gasteiger partial charge >= 0.3 is 0 Å². The van der Waals surface area contributed by atoms with Crippen LogP contribution in [-0.2, 0) is 0 Å². The Hall–Kier alpha value is -3.10. The molecule has 0 aliphatic heterocycles. The molecule has 0 aliphatic rings. The van der Waals surface area contributed by atoms with Gasteiger partial charge in [0.1, 0.15) is 0 Å². The van der Waals surface area contributed by atoms with Crippen LogP contribution in [0.2, 0.25) is 0 Å². The van der Waals surface area contributed by atoms with E-state index in [-0.39, 0.29) is 0 Å². The fourth-order valence-electron chi connectivity index (χ4n) is 3.58. The highest BCUT2D eigenvalue weighted by Crippen LogP contribution is 2.41. The molecule has 0 spiro atoms. The van der Waals surface area contributed by atoms with Gasteiger partial charge in [0.25, 0.3) is 0 Å². The zero-order valence-corrected chi connectivity index (χ0v) is 15.0. The van der Waals surface area contributed by atoms with Gasteiger partial charge in [0, 0.05) is 25.9 Å². The molecule has 0 fully saturated rings. The van der Waals surface area contributed by atoms with Crippen LogP contribution < -0.4 is 5.73 Å². The van der Waals surface area contributed by atoms with Gasteiger partial charge in [-0.2, -0.15) is 0 Å². The minimum absolute atomic E-state index is 0.791. The Morgan fingerprint density at radius 3 is 2.19 bits per heavy atom. The maximum absolute atomic E-state index is 6.26. The van der Waals surface area contributed by atoms with Crippen LogP contribution in [-0.4, -0.2) is 0 Å². The first-order chi connectivity index (χ1) is 12.8. The van der Waals surface area contributed by atoms with Crippen LogP contribution in [0.5, 0.6) is 0 Å². The number of nitrogen functional groups attached to an aromatic ring is 1. The summed E-state index contributed by atoms with van der Waals surface area (Å²) in [7, 11) is 0. The van der Waals surface area contributed by atoms with E-state index in [0.29, 0.717) is 0 Å². The van der Waals surface area contributed by atoms with Crippen molar-refractivity contribution in [2.75, 3.05) is 5.73 Å². The van der Waals surface area contributed by atoms with Gasteiger partial charge in [0.2, 0.25) is 0 Å². The highest BCUT2D eigenvalue weighted by Gasteiger charge is 2.11. The fourth-order valence-corrected chi connectivity index (χ4v) is 4.82. The monoisotopic (exact) mass is 351 g/mol. The maximum atomic E-state index is 6.26. The van der Waals surface area contributed by atoms with Crippen molar-refractivity contribution in [3.8, 4) is 22.3 Å². The van der Waals surface area contributed by atoms with Crippen molar-refractivity contribution in [1.29, 1.82) is 0 Å². The second kappa shape index (κ2) is 6.01. The summed E-state index contributed by atoms with van der Waals surface area (Å²) in [4.78, 5) is 0. The van der Waals surface area contributed by atoms with Crippen molar-refractivity contribution in [2.24, 2.45) is 0 Å². The first-order valence-electron chi connectivity index (χ1n) is 8.66. The number of fused-ring (bicyclic) bond motifs is 3. The van der Waals surface area contributed by atoms with Gasteiger partial charge in [0.05, 0.1) is 0 Å². The van der Waals surface area contributed by atoms with Crippen LogP contribution in [0.1, 0.15) is 0 Å². The van der Waals surface area contributed by atoms with Crippen molar-refractivity contribution in [3.05, 3.63) is 91.0 Å². The summed E-state index contributed by atoms with van der Waals surface area (Å²) in [6.45, 7) is 0. The zero-order valence-electron chi connectivity index (χ0n) is 14.1. The molecule has 0 unspecified atom stereocenters. The molecule has 124 valence electrons. The Kier molecular flexibility index (Phi) is 3.51. The number of rotatable bonds is 2. The average molecular weight is 351 g/mol. The van der Waals surface area contributed by atoms with Gasteiger partial charge in [0.15, 0.2) is 0 Å². The maximum Gasteiger partial charge on any atom is 0.0433 e. The molecule has 1 aromatic heterocycles. The third kappa shape index (κ3) is 2.47. The van der Waals surface area contributed by atoms with Crippen LogP contribution in [0.3, 0.4) is 0 Å². The number of nitrogens with two attached hydrogens (primary N) is 1. The summed E-state index contributed by atoms with van der Waals surface area (Å²) in [5.41, 5.74) is 11.8. The molecule has 2 heteroatoms. The molecule has 0 bridgehead atoms. The van der Waals surface area contributed by atoms with Gasteiger partial charge in [-0.3, -0.25) is 0 Å². The van der Waals surface area contributed by atoms with Crippen LogP contribution in [0.15, 0.2) is 91.0 Å². The lowest BCUT2D eigenvalue weighted by molar-refractivity contribution is 1.60. The second-order valence-corrected chi connectivity index (χ2v) is 7.54. The highest BCUT2D eigenvalue weighted by molar-refractivity contribution is 7.26. The number of thiophene rings is 1. The lowest BCUT2D eigenvalue weighted by Crippen LogP contribution is -1.89. The van der Waals surface area contributed by atoms with E-state index >= 15 is 0 Å². The van der Waals surface area contributed by atoms with Crippen LogP contribution >= 0.6 is 11.3 Å². The Labute approximate surface area is 156 Å². The molecule has 0 radical (unpaired) electrons. The molecule has 1 nitrogen and oxygen atoms in total. The summed E-state index contributed by atoms with van der Waals surface area (Å²) in [5.74, 6) is 0. The van der Waals surface area contributed by atoms with Gasteiger partial charge in [-0.15, -0.1) is 11.3 Å².